The minimum absolute atomic E-state index is 0.279. The van der Waals surface area contributed by atoms with Crippen molar-refractivity contribution in [3.63, 3.8) is 0 Å². The van der Waals surface area contributed by atoms with Gasteiger partial charge < -0.3 is 10.1 Å². The van der Waals surface area contributed by atoms with Gasteiger partial charge in [-0.05, 0) is 51.4 Å². The molecular weight excluding hydrogens is 269 g/mol. The lowest BCUT2D eigenvalue weighted by atomic mass is 10.0. The van der Waals surface area contributed by atoms with Crippen molar-refractivity contribution >= 4 is 23.2 Å². The van der Waals surface area contributed by atoms with E-state index in [2.05, 4.69) is 5.32 Å². The first-order chi connectivity index (χ1) is 8.52. The van der Waals surface area contributed by atoms with Crippen molar-refractivity contribution in [2.45, 2.75) is 38.8 Å². The largest absolute Gasteiger partial charge is 0.379 e. The maximum Gasteiger partial charge on any atom is 0.0518 e. The van der Waals surface area contributed by atoms with Gasteiger partial charge in [0.1, 0.15) is 0 Å². The zero-order chi connectivity index (χ0) is 13.5. The molecule has 1 aromatic rings. The molecule has 0 saturated carbocycles. The summed E-state index contributed by atoms with van der Waals surface area (Å²) in [6.07, 6.45) is 2.13. The molecule has 0 aromatic heterocycles. The van der Waals surface area contributed by atoms with Crippen molar-refractivity contribution in [3.05, 3.63) is 33.8 Å². The molecule has 0 amide bonds. The van der Waals surface area contributed by atoms with Crippen molar-refractivity contribution in [1.82, 2.24) is 5.32 Å². The number of likely N-dealkylation sites (N-methyl/N-ethyl adjacent to an activating group) is 1. The summed E-state index contributed by atoms with van der Waals surface area (Å²) >= 11 is 12.1. The van der Waals surface area contributed by atoms with Gasteiger partial charge in [0.2, 0.25) is 0 Å². The van der Waals surface area contributed by atoms with Crippen molar-refractivity contribution in [3.8, 4) is 0 Å². The SMILES string of the molecule is CNC(CCOC(C)C)Cc1ccc(Cl)cc1Cl. The molecule has 4 heteroatoms. The van der Waals surface area contributed by atoms with E-state index in [0.29, 0.717) is 11.1 Å². The quantitative estimate of drug-likeness (QED) is 0.821. The van der Waals surface area contributed by atoms with Gasteiger partial charge in [-0.1, -0.05) is 29.3 Å². The van der Waals surface area contributed by atoms with Crippen molar-refractivity contribution < 1.29 is 4.74 Å². The summed E-state index contributed by atoms with van der Waals surface area (Å²) in [5, 5.41) is 4.70. The monoisotopic (exact) mass is 289 g/mol. The lowest BCUT2D eigenvalue weighted by molar-refractivity contribution is 0.0720. The van der Waals surface area contributed by atoms with E-state index >= 15 is 0 Å². The fourth-order valence-electron chi connectivity index (χ4n) is 1.75. The Kier molecular flexibility index (Phi) is 7.02. The zero-order valence-electron chi connectivity index (χ0n) is 11.2. The number of hydrogen-bond acceptors (Lipinski definition) is 2. The van der Waals surface area contributed by atoms with Crippen LogP contribution < -0.4 is 5.32 Å². The maximum atomic E-state index is 6.17. The lowest BCUT2D eigenvalue weighted by Gasteiger charge is -2.18. The van der Waals surface area contributed by atoms with Gasteiger partial charge in [0, 0.05) is 22.7 Å². The lowest BCUT2D eigenvalue weighted by Crippen LogP contribution is -2.29. The second-order valence-electron chi connectivity index (χ2n) is 4.63. The number of nitrogens with one attached hydrogen (secondary N) is 1. The average molecular weight is 290 g/mol. The highest BCUT2D eigenvalue weighted by atomic mass is 35.5. The van der Waals surface area contributed by atoms with Gasteiger partial charge in [-0.3, -0.25) is 0 Å². The Morgan fingerprint density at radius 1 is 1.28 bits per heavy atom. The second-order valence-corrected chi connectivity index (χ2v) is 5.48. The van der Waals surface area contributed by atoms with Gasteiger partial charge in [-0.25, -0.2) is 0 Å². The van der Waals surface area contributed by atoms with Gasteiger partial charge in [0.05, 0.1) is 6.10 Å². The third-order valence-electron chi connectivity index (χ3n) is 2.81. The topological polar surface area (TPSA) is 21.3 Å². The van der Waals surface area contributed by atoms with Crippen molar-refractivity contribution in [1.29, 1.82) is 0 Å². The van der Waals surface area contributed by atoms with Crippen LogP contribution in [0, 0.1) is 0 Å². The highest BCUT2D eigenvalue weighted by Gasteiger charge is 2.10. The van der Waals surface area contributed by atoms with Crippen LogP contribution in [0.25, 0.3) is 0 Å². The predicted octanol–water partition coefficient (Wildman–Crippen LogP) is 3.94. The normalized spacial score (nSPS) is 13.0. The third-order valence-corrected chi connectivity index (χ3v) is 3.39. The zero-order valence-corrected chi connectivity index (χ0v) is 12.7. The molecule has 102 valence electrons. The summed E-state index contributed by atoms with van der Waals surface area (Å²) in [5.41, 5.74) is 1.12. The Morgan fingerprint density at radius 3 is 2.56 bits per heavy atom. The van der Waals surface area contributed by atoms with Crippen molar-refractivity contribution in [2.24, 2.45) is 0 Å². The maximum absolute atomic E-state index is 6.17. The first-order valence-corrected chi connectivity index (χ1v) is 7.01. The van der Waals surface area contributed by atoms with Crippen LogP contribution in [0.2, 0.25) is 10.0 Å². The van der Waals surface area contributed by atoms with Gasteiger partial charge in [0.15, 0.2) is 0 Å². The van der Waals surface area contributed by atoms with E-state index < -0.39 is 0 Å². The molecule has 18 heavy (non-hydrogen) atoms. The molecular formula is C14H21Cl2NO. The molecule has 0 heterocycles. The summed E-state index contributed by atoms with van der Waals surface area (Å²) in [5.74, 6) is 0. The molecule has 1 unspecified atom stereocenters. The van der Waals surface area contributed by atoms with Crippen LogP contribution in [-0.4, -0.2) is 25.8 Å². The molecule has 0 saturated heterocycles. The minimum atomic E-state index is 0.279. The van der Waals surface area contributed by atoms with Crippen LogP contribution >= 0.6 is 23.2 Å². The van der Waals surface area contributed by atoms with E-state index in [0.717, 1.165) is 30.0 Å². The second kappa shape index (κ2) is 8.00. The van der Waals surface area contributed by atoms with E-state index in [4.69, 9.17) is 27.9 Å². The first-order valence-electron chi connectivity index (χ1n) is 6.25. The average Bonchev–Trinajstić information content (AvgIpc) is 2.30. The number of benzene rings is 1. The molecule has 0 radical (unpaired) electrons. The molecule has 0 spiro atoms. The summed E-state index contributed by atoms with van der Waals surface area (Å²) in [4.78, 5) is 0. The molecule has 0 bridgehead atoms. The van der Waals surface area contributed by atoms with Crippen LogP contribution in [0.4, 0.5) is 0 Å². The molecule has 0 fully saturated rings. The fourth-order valence-corrected chi connectivity index (χ4v) is 2.23. The van der Waals surface area contributed by atoms with Crippen LogP contribution in [0.5, 0.6) is 0 Å². The van der Waals surface area contributed by atoms with Crippen LogP contribution in [0.1, 0.15) is 25.8 Å². The van der Waals surface area contributed by atoms with E-state index in [1.165, 1.54) is 0 Å². The summed E-state index contributed by atoms with van der Waals surface area (Å²) < 4.78 is 5.57. The number of hydrogen-bond donors (Lipinski definition) is 1. The van der Waals surface area contributed by atoms with Gasteiger partial charge in [0.25, 0.3) is 0 Å². The number of halogens is 2. The van der Waals surface area contributed by atoms with E-state index in [1.54, 1.807) is 6.07 Å². The van der Waals surface area contributed by atoms with Crippen LogP contribution in [-0.2, 0) is 11.2 Å². The van der Waals surface area contributed by atoms with Gasteiger partial charge in [-0.15, -0.1) is 0 Å². The third kappa shape index (κ3) is 5.57. The van der Waals surface area contributed by atoms with E-state index in [-0.39, 0.29) is 6.10 Å². The fraction of sp³-hybridized carbons (Fsp3) is 0.571. The molecule has 1 rings (SSSR count). The van der Waals surface area contributed by atoms with Crippen molar-refractivity contribution in [2.75, 3.05) is 13.7 Å². The Labute approximate surface area is 120 Å². The molecule has 1 N–H and O–H groups in total. The standard InChI is InChI=1S/C14H21Cl2NO/c1-10(2)18-7-6-13(17-3)8-11-4-5-12(15)9-14(11)16/h4-5,9-10,13,17H,6-8H2,1-3H3. The Balaban J connectivity index is 2.51. The Bertz CT molecular complexity index is 369. The molecule has 2 nitrogen and oxygen atoms in total. The van der Waals surface area contributed by atoms with Gasteiger partial charge in [-0.2, -0.15) is 0 Å². The summed E-state index contributed by atoms with van der Waals surface area (Å²) in [6.45, 7) is 4.85. The van der Waals surface area contributed by atoms with E-state index in [9.17, 15) is 0 Å². The highest BCUT2D eigenvalue weighted by molar-refractivity contribution is 6.35. The molecule has 1 aromatic carbocycles. The molecule has 0 aliphatic heterocycles. The Hall–Kier alpha value is -0.280. The van der Waals surface area contributed by atoms with Gasteiger partial charge >= 0.3 is 0 Å². The van der Waals surface area contributed by atoms with E-state index in [1.807, 2.05) is 33.0 Å². The Morgan fingerprint density at radius 2 is 2.00 bits per heavy atom. The summed E-state index contributed by atoms with van der Waals surface area (Å²) in [6, 6.07) is 6.01. The predicted molar refractivity (Wildman–Crippen MR) is 78.7 cm³/mol. The number of rotatable bonds is 7. The molecule has 0 aliphatic rings. The highest BCUT2D eigenvalue weighted by Crippen LogP contribution is 2.22. The molecule has 1 atom stereocenters. The van der Waals surface area contributed by atoms with Crippen LogP contribution in [0.3, 0.4) is 0 Å². The smallest absolute Gasteiger partial charge is 0.0518 e. The van der Waals surface area contributed by atoms with Crippen LogP contribution in [0.15, 0.2) is 18.2 Å². The molecule has 0 aliphatic carbocycles. The minimum Gasteiger partial charge on any atom is -0.379 e. The number of ether oxygens (including phenoxy) is 1. The summed E-state index contributed by atoms with van der Waals surface area (Å²) in [7, 11) is 1.96. The first kappa shape index (κ1) is 15.8.